The van der Waals surface area contributed by atoms with E-state index in [1.165, 1.54) is 0 Å². The van der Waals surface area contributed by atoms with Crippen LogP contribution in [0.2, 0.25) is 5.02 Å². The summed E-state index contributed by atoms with van der Waals surface area (Å²) in [6, 6.07) is 13.9. The molecule has 1 heterocycles. The summed E-state index contributed by atoms with van der Waals surface area (Å²) < 4.78 is 1.03. The molecule has 1 saturated heterocycles. The summed E-state index contributed by atoms with van der Waals surface area (Å²) in [5.41, 5.74) is 2.99. The van der Waals surface area contributed by atoms with Crippen molar-refractivity contribution in [2.75, 3.05) is 10.7 Å². The predicted molar refractivity (Wildman–Crippen MR) is 93.0 cm³/mol. The van der Waals surface area contributed by atoms with Gasteiger partial charge in [-0.1, -0.05) is 45.7 Å². The summed E-state index contributed by atoms with van der Waals surface area (Å²) in [6.07, 6.45) is 0. The van der Waals surface area contributed by atoms with Crippen LogP contribution in [-0.4, -0.2) is 11.7 Å². The zero-order chi connectivity index (χ0) is 15.0. The van der Waals surface area contributed by atoms with E-state index >= 15 is 0 Å². The molecule has 0 radical (unpaired) electrons. The third-order valence-corrected chi connectivity index (χ3v) is 5.60. The van der Waals surface area contributed by atoms with Crippen molar-refractivity contribution in [2.24, 2.45) is 0 Å². The minimum absolute atomic E-state index is 0.00405. The van der Waals surface area contributed by atoms with Gasteiger partial charge in [-0.25, -0.2) is 0 Å². The maximum atomic E-state index is 12.3. The summed E-state index contributed by atoms with van der Waals surface area (Å²) in [6.45, 7) is 1.96. The van der Waals surface area contributed by atoms with Crippen LogP contribution in [0.5, 0.6) is 0 Å². The number of amides is 1. The molecule has 1 amide bonds. The van der Waals surface area contributed by atoms with Gasteiger partial charge in [0, 0.05) is 15.2 Å². The van der Waals surface area contributed by atoms with E-state index in [4.69, 9.17) is 11.6 Å². The molecule has 3 rings (SSSR count). The zero-order valence-corrected chi connectivity index (χ0v) is 14.5. The first kappa shape index (κ1) is 14.9. The third kappa shape index (κ3) is 2.98. The Balaban J connectivity index is 1.99. The van der Waals surface area contributed by atoms with Crippen molar-refractivity contribution < 1.29 is 4.79 Å². The molecule has 1 aliphatic heterocycles. The summed E-state index contributed by atoms with van der Waals surface area (Å²) in [5.74, 6) is 0.611. The Kier molecular flexibility index (Phi) is 4.29. The fraction of sp³-hybridized carbons (Fsp3) is 0.188. The van der Waals surface area contributed by atoms with Gasteiger partial charge in [0.15, 0.2) is 0 Å². The van der Waals surface area contributed by atoms with Crippen LogP contribution in [0.4, 0.5) is 5.69 Å². The normalized spacial score (nSPS) is 18.3. The van der Waals surface area contributed by atoms with Gasteiger partial charge in [0.05, 0.1) is 5.75 Å². The first-order valence-corrected chi connectivity index (χ1v) is 8.73. The molecule has 0 unspecified atom stereocenters. The Bertz CT molecular complexity index is 689. The van der Waals surface area contributed by atoms with Crippen molar-refractivity contribution in [1.29, 1.82) is 0 Å². The zero-order valence-electron chi connectivity index (χ0n) is 11.3. The minimum Gasteiger partial charge on any atom is -0.295 e. The highest BCUT2D eigenvalue weighted by Gasteiger charge is 2.34. The molecule has 1 atom stereocenters. The van der Waals surface area contributed by atoms with Crippen LogP contribution in [0.25, 0.3) is 0 Å². The van der Waals surface area contributed by atoms with E-state index in [1.54, 1.807) is 11.8 Å². The number of hydrogen-bond donors (Lipinski definition) is 0. The van der Waals surface area contributed by atoms with Crippen LogP contribution in [-0.2, 0) is 4.79 Å². The number of anilines is 1. The van der Waals surface area contributed by atoms with Gasteiger partial charge in [0.2, 0.25) is 5.91 Å². The molecule has 1 fully saturated rings. The smallest absolute Gasteiger partial charge is 0.238 e. The molecule has 0 N–H and O–H groups in total. The highest BCUT2D eigenvalue weighted by Crippen LogP contribution is 2.42. The second-order valence-corrected chi connectivity index (χ2v) is 7.30. The summed E-state index contributed by atoms with van der Waals surface area (Å²) in [7, 11) is 0. The Morgan fingerprint density at radius 1 is 1.24 bits per heavy atom. The maximum Gasteiger partial charge on any atom is 0.238 e. The van der Waals surface area contributed by atoms with E-state index in [0.717, 1.165) is 21.3 Å². The molecule has 0 aliphatic carbocycles. The van der Waals surface area contributed by atoms with Gasteiger partial charge in [-0.3, -0.25) is 9.69 Å². The van der Waals surface area contributed by atoms with Crippen LogP contribution in [0, 0.1) is 6.92 Å². The molecule has 0 bridgehead atoms. The van der Waals surface area contributed by atoms with Gasteiger partial charge in [0.1, 0.15) is 5.37 Å². The molecule has 0 spiro atoms. The number of carbonyl (C=O) groups excluding carboxylic acids is 1. The standard InChI is InChI=1S/C16H13BrClNOS/c1-10-2-7-13(8-14(10)18)19-15(20)9-21-16(19)11-3-5-12(17)6-4-11/h2-8,16H,9H2,1H3/t16-/m0/s1. The van der Waals surface area contributed by atoms with Gasteiger partial charge in [-0.05, 0) is 42.3 Å². The Hall–Kier alpha value is -0.970. The summed E-state index contributed by atoms with van der Waals surface area (Å²) >= 11 is 11.3. The van der Waals surface area contributed by atoms with Crippen molar-refractivity contribution in [3.63, 3.8) is 0 Å². The lowest BCUT2D eigenvalue weighted by molar-refractivity contribution is -0.115. The molecular formula is C16H13BrClNOS. The average Bonchev–Trinajstić information content (AvgIpc) is 2.85. The topological polar surface area (TPSA) is 20.3 Å². The first-order chi connectivity index (χ1) is 10.1. The lowest BCUT2D eigenvalue weighted by Crippen LogP contribution is -2.27. The highest BCUT2D eigenvalue weighted by atomic mass is 79.9. The molecule has 1 aliphatic rings. The van der Waals surface area contributed by atoms with Crippen LogP contribution < -0.4 is 4.90 Å². The lowest BCUT2D eigenvalue weighted by Gasteiger charge is -2.24. The van der Waals surface area contributed by atoms with E-state index in [-0.39, 0.29) is 11.3 Å². The van der Waals surface area contributed by atoms with E-state index < -0.39 is 0 Å². The highest BCUT2D eigenvalue weighted by molar-refractivity contribution is 9.10. The van der Waals surface area contributed by atoms with Crippen molar-refractivity contribution >= 4 is 50.9 Å². The fourth-order valence-corrected chi connectivity index (χ4v) is 3.93. The molecule has 2 aromatic carbocycles. The number of nitrogens with zero attached hydrogens (tertiary/aromatic N) is 1. The van der Waals surface area contributed by atoms with Crippen LogP contribution >= 0.6 is 39.3 Å². The Labute approximate surface area is 141 Å². The molecule has 5 heteroatoms. The van der Waals surface area contributed by atoms with Gasteiger partial charge >= 0.3 is 0 Å². The lowest BCUT2D eigenvalue weighted by atomic mass is 10.1. The Morgan fingerprint density at radius 3 is 2.62 bits per heavy atom. The Morgan fingerprint density at radius 2 is 1.95 bits per heavy atom. The molecule has 108 valence electrons. The SMILES string of the molecule is Cc1ccc(N2C(=O)CS[C@H]2c2ccc(Br)cc2)cc1Cl. The number of aryl methyl sites for hydroxylation is 1. The van der Waals surface area contributed by atoms with E-state index in [9.17, 15) is 4.79 Å². The molecule has 0 saturated carbocycles. The van der Waals surface area contributed by atoms with E-state index in [1.807, 2.05) is 54.3 Å². The first-order valence-electron chi connectivity index (χ1n) is 6.51. The number of hydrogen-bond acceptors (Lipinski definition) is 2. The third-order valence-electron chi connectivity index (χ3n) is 3.46. The fourth-order valence-electron chi connectivity index (χ4n) is 2.31. The minimum atomic E-state index is 0.00405. The largest absolute Gasteiger partial charge is 0.295 e. The quantitative estimate of drug-likeness (QED) is 0.712. The number of carbonyl (C=O) groups is 1. The van der Waals surface area contributed by atoms with Crippen LogP contribution in [0.15, 0.2) is 46.9 Å². The van der Waals surface area contributed by atoms with Crippen molar-refractivity contribution in [2.45, 2.75) is 12.3 Å². The van der Waals surface area contributed by atoms with Crippen LogP contribution in [0.1, 0.15) is 16.5 Å². The molecule has 0 aromatic heterocycles. The molecule has 21 heavy (non-hydrogen) atoms. The number of thioether (sulfide) groups is 1. The second kappa shape index (κ2) is 6.03. The van der Waals surface area contributed by atoms with E-state index in [2.05, 4.69) is 15.9 Å². The maximum absolute atomic E-state index is 12.3. The van der Waals surface area contributed by atoms with Gasteiger partial charge in [-0.15, -0.1) is 11.8 Å². The van der Waals surface area contributed by atoms with Gasteiger partial charge < -0.3 is 0 Å². The molecular weight excluding hydrogens is 370 g/mol. The van der Waals surface area contributed by atoms with Crippen molar-refractivity contribution in [3.05, 3.63) is 63.1 Å². The van der Waals surface area contributed by atoms with E-state index in [0.29, 0.717) is 10.8 Å². The molecule has 2 nitrogen and oxygen atoms in total. The predicted octanol–water partition coefficient (Wildman–Crippen LogP) is 5.19. The summed E-state index contributed by atoms with van der Waals surface area (Å²) in [4.78, 5) is 14.1. The number of benzene rings is 2. The summed E-state index contributed by atoms with van der Waals surface area (Å²) in [5, 5.41) is 0.691. The number of halogens is 2. The van der Waals surface area contributed by atoms with Gasteiger partial charge in [-0.2, -0.15) is 0 Å². The van der Waals surface area contributed by atoms with Crippen molar-refractivity contribution in [1.82, 2.24) is 0 Å². The monoisotopic (exact) mass is 381 g/mol. The molecule has 2 aromatic rings. The second-order valence-electron chi connectivity index (χ2n) is 4.91. The number of rotatable bonds is 2. The van der Waals surface area contributed by atoms with Crippen LogP contribution in [0.3, 0.4) is 0 Å². The van der Waals surface area contributed by atoms with Gasteiger partial charge in [0.25, 0.3) is 0 Å². The average molecular weight is 383 g/mol. The van der Waals surface area contributed by atoms with Crippen molar-refractivity contribution in [3.8, 4) is 0 Å².